The number of nitrogens with zero attached hydrogens (tertiary/aromatic N) is 1. The maximum absolute atomic E-state index is 13.7. The number of alkyl carbamates (subject to hydrolysis) is 1. The van der Waals surface area contributed by atoms with Gasteiger partial charge in [0.25, 0.3) is 0 Å². The fourth-order valence-corrected chi connectivity index (χ4v) is 6.98. The van der Waals surface area contributed by atoms with E-state index in [1.54, 1.807) is 0 Å². The Kier molecular flexibility index (Phi) is 9.09. The lowest BCUT2D eigenvalue weighted by atomic mass is 10.0. The number of nitrogens with one attached hydrogen (secondary N) is 2. The molecule has 5 rings (SSSR count). The van der Waals surface area contributed by atoms with Crippen LogP contribution in [0.2, 0.25) is 0 Å². The van der Waals surface area contributed by atoms with Crippen molar-refractivity contribution in [2.75, 3.05) is 32.0 Å². The number of nitrogens with two attached hydrogens (primary N) is 1. The average molecular weight is 589 g/mol. The van der Waals surface area contributed by atoms with Crippen LogP contribution in [0.1, 0.15) is 24.8 Å². The summed E-state index contributed by atoms with van der Waals surface area (Å²) >= 11 is 0. The van der Waals surface area contributed by atoms with Gasteiger partial charge in [0.2, 0.25) is 15.9 Å². The van der Waals surface area contributed by atoms with Crippen molar-refractivity contribution >= 4 is 27.7 Å². The lowest BCUT2D eigenvalue weighted by Crippen LogP contribution is -2.53. The first-order chi connectivity index (χ1) is 19.7. The van der Waals surface area contributed by atoms with Crippen molar-refractivity contribution in [1.29, 1.82) is 0 Å². The van der Waals surface area contributed by atoms with E-state index in [2.05, 4.69) is 10.6 Å². The number of fused-ring (bicyclic) bond motifs is 1. The number of hydrogen-bond acceptors (Lipinski definition) is 9. The molecule has 12 nitrogen and oxygen atoms in total. The lowest BCUT2D eigenvalue weighted by molar-refractivity contribution is -0.119. The predicted molar refractivity (Wildman–Crippen MR) is 148 cm³/mol. The minimum Gasteiger partial charge on any atom is -0.443 e. The number of aliphatic hydroxyl groups excluding tert-OH is 1. The number of aliphatic hydroxyl groups is 1. The quantitative estimate of drug-likeness (QED) is 0.280. The molecule has 13 heteroatoms. The molecule has 6 atom stereocenters. The molecule has 3 aliphatic rings. The molecule has 222 valence electrons. The highest BCUT2D eigenvalue weighted by Crippen LogP contribution is 2.33. The second-order valence-electron chi connectivity index (χ2n) is 10.7. The van der Waals surface area contributed by atoms with Gasteiger partial charge in [-0.2, -0.15) is 4.31 Å². The maximum atomic E-state index is 13.7. The Hall–Kier alpha value is -3.23. The van der Waals surface area contributed by atoms with E-state index in [4.69, 9.17) is 19.9 Å². The zero-order chi connectivity index (χ0) is 29.0. The van der Waals surface area contributed by atoms with Crippen molar-refractivity contribution < 1.29 is 37.3 Å². The molecule has 0 aromatic heterocycles. The van der Waals surface area contributed by atoms with Crippen LogP contribution >= 0.6 is 0 Å². The summed E-state index contributed by atoms with van der Waals surface area (Å²) in [6.07, 6.45) is -1.21. The average Bonchev–Trinajstić information content (AvgIpc) is 3.68. The Morgan fingerprint density at radius 1 is 1.15 bits per heavy atom. The first-order valence-electron chi connectivity index (χ1n) is 13.8. The minimum absolute atomic E-state index is 0.00442. The molecule has 0 radical (unpaired) electrons. The molecular weight excluding hydrogens is 552 g/mol. The second kappa shape index (κ2) is 12.7. The van der Waals surface area contributed by atoms with Crippen LogP contribution in [0.5, 0.6) is 0 Å². The molecule has 41 heavy (non-hydrogen) atoms. The molecule has 0 spiro atoms. The highest BCUT2D eigenvalue weighted by atomic mass is 32.2. The molecule has 2 amide bonds. The fourth-order valence-electron chi connectivity index (χ4n) is 5.48. The third-order valence-corrected chi connectivity index (χ3v) is 9.57. The minimum atomic E-state index is -4.09. The lowest BCUT2D eigenvalue weighted by Gasteiger charge is -2.31. The molecule has 3 fully saturated rings. The zero-order valence-electron chi connectivity index (χ0n) is 22.6. The Labute approximate surface area is 239 Å². The van der Waals surface area contributed by atoms with E-state index in [1.165, 1.54) is 24.3 Å². The van der Waals surface area contributed by atoms with Crippen molar-refractivity contribution in [2.24, 2.45) is 5.92 Å². The molecule has 2 aromatic carbocycles. The van der Waals surface area contributed by atoms with Crippen LogP contribution in [0.15, 0.2) is 59.5 Å². The van der Waals surface area contributed by atoms with Crippen LogP contribution in [0.4, 0.5) is 10.5 Å². The van der Waals surface area contributed by atoms with Gasteiger partial charge in [0, 0.05) is 31.2 Å². The van der Waals surface area contributed by atoms with Gasteiger partial charge in [-0.05, 0) is 49.1 Å². The Morgan fingerprint density at radius 3 is 2.61 bits per heavy atom. The number of rotatable bonds is 11. The van der Waals surface area contributed by atoms with Crippen LogP contribution in [-0.2, 0) is 35.4 Å². The standard InChI is InChI=1S/C28H36N4O8S/c29-19-6-9-21(10-7-19)41(36,37)32(15-20-8-11-26(34)30-20)16-24(33)23(14-18-4-2-1-3-5-18)31-28(35)40-25-17-39-27-22(25)12-13-38-27/h1-7,9-10,20,22-25,27,33H,8,11-17,29H2,(H,30,34)(H,31,35)/t20-,22-,23-,24+,25-,27+/m0/s1. The molecule has 0 unspecified atom stereocenters. The molecular formula is C28H36N4O8S. The van der Waals surface area contributed by atoms with Crippen molar-refractivity contribution in [2.45, 2.75) is 61.2 Å². The van der Waals surface area contributed by atoms with Gasteiger partial charge in [0.05, 0.1) is 36.2 Å². The number of nitrogen functional groups attached to an aromatic ring is 1. The van der Waals surface area contributed by atoms with Crippen LogP contribution in [-0.4, -0.2) is 86.7 Å². The second-order valence-corrected chi connectivity index (χ2v) is 12.6. The number of hydrogen-bond donors (Lipinski definition) is 4. The summed E-state index contributed by atoms with van der Waals surface area (Å²) < 4.78 is 45.3. The number of carbonyl (C=O) groups excluding carboxylic acids is 2. The van der Waals surface area contributed by atoms with E-state index < -0.39 is 40.4 Å². The summed E-state index contributed by atoms with van der Waals surface area (Å²) in [5.74, 6) is -0.210. The molecule has 3 saturated heterocycles. The van der Waals surface area contributed by atoms with E-state index in [-0.39, 0.29) is 49.1 Å². The smallest absolute Gasteiger partial charge is 0.407 e. The van der Waals surface area contributed by atoms with E-state index >= 15 is 0 Å². The SMILES string of the molecule is Nc1ccc(S(=O)(=O)N(C[C@@H]2CCC(=O)N2)C[C@@H](O)[C@H](Cc2ccccc2)NC(=O)O[C@H]2CO[C@H]3OCC[C@H]32)cc1. The molecule has 0 aliphatic carbocycles. The third kappa shape index (κ3) is 7.16. The normalized spacial score (nSPS) is 25.5. The van der Waals surface area contributed by atoms with Crippen molar-refractivity contribution in [3.63, 3.8) is 0 Å². The number of sulfonamides is 1. The summed E-state index contributed by atoms with van der Waals surface area (Å²) in [7, 11) is -4.09. The van der Waals surface area contributed by atoms with E-state index in [9.17, 15) is 23.1 Å². The highest BCUT2D eigenvalue weighted by molar-refractivity contribution is 7.89. The van der Waals surface area contributed by atoms with E-state index in [0.29, 0.717) is 31.6 Å². The number of benzene rings is 2. The van der Waals surface area contributed by atoms with Gasteiger partial charge in [0.1, 0.15) is 6.10 Å². The van der Waals surface area contributed by atoms with Crippen molar-refractivity contribution in [1.82, 2.24) is 14.9 Å². The molecule has 5 N–H and O–H groups in total. The summed E-state index contributed by atoms with van der Waals surface area (Å²) in [4.78, 5) is 24.9. The van der Waals surface area contributed by atoms with E-state index in [1.807, 2.05) is 30.3 Å². The summed E-state index contributed by atoms with van der Waals surface area (Å²) in [5.41, 5.74) is 7.00. The topological polar surface area (TPSA) is 170 Å². The largest absolute Gasteiger partial charge is 0.443 e. The van der Waals surface area contributed by atoms with Crippen LogP contribution < -0.4 is 16.4 Å². The monoisotopic (exact) mass is 588 g/mol. The molecule has 0 bridgehead atoms. The highest BCUT2D eigenvalue weighted by Gasteiger charge is 2.44. The number of ether oxygens (including phenoxy) is 3. The molecule has 3 aliphatic heterocycles. The van der Waals surface area contributed by atoms with Gasteiger partial charge in [0.15, 0.2) is 6.29 Å². The summed E-state index contributed by atoms with van der Waals surface area (Å²) in [5, 5.41) is 17.0. The van der Waals surface area contributed by atoms with Gasteiger partial charge >= 0.3 is 6.09 Å². The number of anilines is 1. The zero-order valence-corrected chi connectivity index (χ0v) is 23.4. The predicted octanol–water partition coefficient (Wildman–Crippen LogP) is 0.998. The Balaban J connectivity index is 1.34. The number of carbonyl (C=O) groups is 2. The van der Waals surface area contributed by atoms with Gasteiger partial charge in [-0.15, -0.1) is 0 Å². The Morgan fingerprint density at radius 2 is 1.90 bits per heavy atom. The summed E-state index contributed by atoms with van der Waals surface area (Å²) in [6, 6.07) is 13.7. The first-order valence-corrected chi connectivity index (χ1v) is 15.2. The molecule has 2 aromatic rings. The van der Waals surface area contributed by atoms with Gasteiger partial charge < -0.3 is 35.7 Å². The number of amides is 2. The molecule has 0 saturated carbocycles. The third-order valence-electron chi connectivity index (χ3n) is 7.73. The van der Waals surface area contributed by atoms with Crippen LogP contribution in [0.3, 0.4) is 0 Å². The fraction of sp³-hybridized carbons (Fsp3) is 0.500. The van der Waals surface area contributed by atoms with Gasteiger partial charge in [-0.1, -0.05) is 30.3 Å². The van der Waals surface area contributed by atoms with Gasteiger partial charge in [-0.3, -0.25) is 4.79 Å². The first kappa shape index (κ1) is 29.3. The van der Waals surface area contributed by atoms with Crippen LogP contribution in [0.25, 0.3) is 0 Å². The Bertz CT molecular complexity index is 1310. The van der Waals surface area contributed by atoms with E-state index in [0.717, 1.165) is 9.87 Å². The summed E-state index contributed by atoms with van der Waals surface area (Å²) in [6.45, 7) is 0.379. The van der Waals surface area contributed by atoms with Crippen molar-refractivity contribution in [3.05, 3.63) is 60.2 Å². The van der Waals surface area contributed by atoms with Crippen LogP contribution in [0, 0.1) is 5.92 Å². The maximum Gasteiger partial charge on any atom is 0.407 e. The molecule has 3 heterocycles. The van der Waals surface area contributed by atoms with Gasteiger partial charge in [-0.25, -0.2) is 13.2 Å². The van der Waals surface area contributed by atoms with Crippen molar-refractivity contribution in [3.8, 4) is 0 Å².